The van der Waals surface area contributed by atoms with Gasteiger partial charge in [-0.25, -0.2) is 0 Å². The van der Waals surface area contributed by atoms with Crippen molar-refractivity contribution in [2.75, 3.05) is 0 Å². The molecular weight excluding hydrogens is 376 g/mol. The number of nitrogens with two attached hydrogens (primary N) is 1. The summed E-state index contributed by atoms with van der Waals surface area (Å²) in [6, 6.07) is 4.62. The number of benzene rings is 1. The van der Waals surface area contributed by atoms with E-state index in [-0.39, 0.29) is 6.04 Å². The molecule has 0 bridgehead atoms. The molecule has 1 aromatic rings. The van der Waals surface area contributed by atoms with Crippen LogP contribution in [0.25, 0.3) is 0 Å². The third-order valence-electron chi connectivity index (χ3n) is 2.32. The van der Waals surface area contributed by atoms with Crippen LogP contribution in [0, 0.1) is 7.14 Å². The number of rotatable bonds is 0. The van der Waals surface area contributed by atoms with E-state index in [1.165, 1.54) is 18.3 Å². The van der Waals surface area contributed by atoms with Crippen molar-refractivity contribution >= 4 is 45.2 Å². The molecule has 0 spiro atoms. The molecule has 2 rings (SSSR count). The second-order valence-electron chi connectivity index (χ2n) is 3.07. The van der Waals surface area contributed by atoms with Crippen molar-refractivity contribution in [1.82, 2.24) is 0 Å². The fourth-order valence-electron chi connectivity index (χ4n) is 1.71. The Morgan fingerprint density at radius 2 is 1.92 bits per heavy atom. The van der Waals surface area contributed by atoms with E-state index in [9.17, 15) is 0 Å². The highest BCUT2D eigenvalue weighted by atomic mass is 127. The van der Waals surface area contributed by atoms with E-state index in [1.54, 1.807) is 0 Å². The second kappa shape index (κ2) is 3.42. The van der Waals surface area contributed by atoms with Gasteiger partial charge in [-0.1, -0.05) is 0 Å². The Hall–Kier alpha value is 0.640. The largest absolute Gasteiger partial charge is 0.324 e. The van der Waals surface area contributed by atoms with Crippen LogP contribution in [-0.2, 0) is 6.42 Å². The molecule has 64 valence electrons. The minimum atomic E-state index is 0.279. The van der Waals surface area contributed by atoms with Crippen LogP contribution in [0.4, 0.5) is 0 Å². The topological polar surface area (TPSA) is 26.0 Å². The predicted molar refractivity (Wildman–Crippen MR) is 67.1 cm³/mol. The maximum atomic E-state index is 6.01. The molecule has 0 aromatic heterocycles. The molecule has 0 unspecified atom stereocenters. The summed E-state index contributed by atoms with van der Waals surface area (Å²) in [6.45, 7) is 0. The molecular formula is C9H9I2N. The van der Waals surface area contributed by atoms with E-state index in [4.69, 9.17) is 5.73 Å². The van der Waals surface area contributed by atoms with Gasteiger partial charge in [-0.05, 0) is 81.3 Å². The molecule has 1 nitrogen and oxygen atoms in total. The van der Waals surface area contributed by atoms with E-state index in [1.807, 2.05) is 0 Å². The van der Waals surface area contributed by atoms with Crippen molar-refractivity contribution in [2.24, 2.45) is 5.73 Å². The maximum absolute atomic E-state index is 6.01. The monoisotopic (exact) mass is 385 g/mol. The summed E-state index contributed by atoms with van der Waals surface area (Å²) < 4.78 is 2.70. The molecule has 0 saturated carbocycles. The van der Waals surface area contributed by atoms with Crippen molar-refractivity contribution in [3.63, 3.8) is 0 Å². The molecule has 12 heavy (non-hydrogen) atoms. The van der Waals surface area contributed by atoms with Crippen LogP contribution in [0.5, 0.6) is 0 Å². The average Bonchev–Trinajstić information content (AvgIpc) is 2.42. The Bertz CT molecular complexity index is 323. The maximum Gasteiger partial charge on any atom is 0.0311 e. The standard InChI is InChI=1S/C9H9I2N/c10-6-2-3-7(11)9-5(6)1-4-8(9)12/h2-3,8H,1,4,12H2/t8-/m1/s1. The van der Waals surface area contributed by atoms with Gasteiger partial charge >= 0.3 is 0 Å². The third-order valence-corrected chi connectivity index (χ3v) is 4.27. The number of halogens is 2. The van der Waals surface area contributed by atoms with Crippen molar-refractivity contribution in [2.45, 2.75) is 18.9 Å². The van der Waals surface area contributed by atoms with Crippen LogP contribution in [0.3, 0.4) is 0 Å². The summed E-state index contributed by atoms with van der Waals surface area (Å²) in [6.07, 6.45) is 2.27. The Labute approximate surface area is 99.4 Å². The van der Waals surface area contributed by atoms with Gasteiger partial charge < -0.3 is 5.73 Å². The minimum Gasteiger partial charge on any atom is -0.324 e. The lowest BCUT2D eigenvalue weighted by molar-refractivity contribution is 0.711. The summed E-state index contributed by atoms with van der Waals surface area (Å²) >= 11 is 4.77. The summed E-state index contributed by atoms with van der Waals surface area (Å²) in [4.78, 5) is 0. The van der Waals surface area contributed by atoms with Gasteiger partial charge in [0.1, 0.15) is 0 Å². The molecule has 1 atom stereocenters. The van der Waals surface area contributed by atoms with Crippen LogP contribution in [-0.4, -0.2) is 0 Å². The van der Waals surface area contributed by atoms with Crippen LogP contribution in [0.2, 0.25) is 0 Å². The van der Waals surface area contributed by atoms with Gasteiger partial charge in [-0.3, -0.25) is 0 Å². The molecule has 1 aromatic carbocycles. The Morgan fingerprint density at radius 3 is 2.58 bits per heavy atom. The highest BCUT2D eigenvalue weighted by Crippen LogP contribution is 2.35. The first-order chi connectivity index (χ1) is 5.70. The van der Waals surface area contributed by atoms with Gasteiger partial charge in [0, 0.05) is 13.2 Å². The highest BCUT2D eigenvalue weighted by molar-refractivity contribution is 14.1. The molecule has 3 heteroatoms. The van der Waals surface area contributed by atoms with Gasteiger partial charge in [-0.15, -0.1) is 0 Å². The summed E-state index contributed by atoms with van der Waals surface area (Å²) in [7, 11) is 0. The molecule has 0 saturated heterocycles. The van der Waals surface area contributed by atoms with E-state index >= 15 is 0 Å². The first-order valence-electron chi connectivity index (χ1n) is 3.92. The van der Waals surface area contributed by atoms with Gasteiger partial charge in [0.2, 0.25) is 0 Å². The Kier molecular flexibility index (Phi) is 2.62. The van der Waals surface area contributed by atoms with Gasteiger partial charge in [0.05, 0.1) is 0 Å². The van der Waals surface area contributed by atoms with Crippen molar-refractivity contribution in [3.8, 4) is 0 Å². The van der Waals surface area contributed by atoms with Crippen LogP contribution in [0.1, 0.15) is 23.6 Å². The van der Waals surface area contributed by atoms with Gasteiger partial charge in [0.15, 0.2) is 0 Å². The Balaban J connectivity index is 2.64. The average molecular weight is 385 g/mol. The predicted octanol–water partition coefficient (Wildman–Crippen LogP) is 2.84. The second-order valence-corrected chi connectivity index (χ2v) is 5.39. The molecule has 0 heterocycles. The SMILES string of the molecule is N[C@@H]1CCc2c(I)ccc(I)c21. The first kappa shape index (κ1) is 9.21. The Morgan fingerprint density at radius 1 is 1.25 bits per heavy atom. The molecule has 1 aliphatic carbocycles. The van der Waals surface area contributed by atoms with E-state index in [0.717, 1.165) is 12.8 Å². The number of fused-ring (bicyclic) bond motifs is 1. The smallest absolute Gasteiger partial charge is 0.0311 e. The van der Waals surface area contributed by atoms with Gasteiger partial charge in [-0.2, -0.15) is 0 Å². The summed E-state index contributed by atoms with van der Waals surface area (Å²) in [5.41, 5.74) is 8.88. The van der Waals surface area contributed by atoms with Crippen molar-refractivity contribution in [3.05, 3.63) is 30.4 Å². The molecule has 0 amide bonds. The van der Waals surface area contributed by atoms with E-state index in [2.05, 4.69) is 57.3 Å². The van der Waals surface area contributed by atoms with Crippen LogP contribution >= 0.6 is 45.2 Å². The van der Waals surface area contributed by atoms with Crippen LogP contribution in [0.15, 0.2) is 12.1 Å². The lowest BCUT2D eigenvalue weighted by Crippen LogP contribution is -2.07. The fourth-order valence-corrected chi connectivity index (χ4v) is 3.35. The highest BCUT2D eigenvalue weighted by Gasteiger charge is 2.23. The molecule has 0 aliphatic heterocycles. The van der Waals surface area contributed by atoms with Crippen molar-refractivity contribution < 1.29 is 0 Å². The lowest BCUT2D eigenvalue weighted by Gasteiger charge is -2.08. The molecule has 0 fully saturated rings. The van der Waals surface area contributed by atoms with Gasteiger partial charge in [0.25, 0.3) is 0 Å². The number of hydrogen-bond acceptors (Lipinski definition) is 1. The normalized spacial score (nSPS) is 21.1. The molecule has 2 N–H and O–H groups in total. The van der Waals surface area contributed by atoms with Crippen molar-refractivity contribution in [1.29, 1.82) is 0 Å². The lowest BCUT2D eigenvalue weighted by atomic mass is 10.1. The van der Waals surface area contributed by atoms with E-state index in [0.29, 0.717) is 0 Å². The zero-order valence-electron chi connectivity index (χ0n) is 6.48. The van der Waals surface area contributed by atoms with Crippen LogP contribution < -0.4 is 5.73 Å². The molecule has 1 aliphatic rings. The number of hydrogen-bond donors (Lipinski definition) is 1. The fraction of sp³-hybridized carbons (Fsp3) is 0.333. The first-order valence-corrected chi connectivity index (χ1v) is 6.08. The van der Waals surface area contributed by atoms with E-state index < -0.39 is 0 Å². The summed E-state index contributed by atoms with van der Waals surface area (Å²) in [5.74, 6) is 0. The summed E-state index contributed by atoms with van der Waals surface area (Å²) in [5, 5.41) is 0. The third kappa shape index (κ3) is 1.39. The minimum absolute atomic E-state index is 0.279. The zero-order valence-corrected chi connectivity index (χ0v) is 10.8. The zero-order chi connectivity index (χ0) is 8.72. The molecule has 0 radical (unpaired) electrons. The quantitative estimate of drug-likeness (QED) is 0.684.